The Morgan fingerprint density at radius 1 is 1.26 bits per heavy atom. The molecule has 19 heavy (non-hydrogen) atoms. The minimum Gasteiger partial charge on any atom is -0.338 e. The van der Waals surface area contributed by atoms with Crippen molar-refractivity contribution in [2.75, 3.05) is 5.43 Å². The number of hydrogen-bond donors (Lipinski definition) is 2. The van der Waals surface area contributed by atoms with E-state index in [0.29, 0.717) is 11.9 Å². The molecule has 6 heteroatoms. The molecule has 1 saturated carbocycles. The van der Waals surface area contributed by atoms with Crippen molar-refractivity contribution in [3.8, 4) is 0 Å². The lowest BCUT2D eigenvalue weighted by atomic mass is 10.2. The molecule has 3 aromatic rings. The van der Waals surface area contributed by atoms with Gasteiger partial charge < -0.3 is 4.98 Å². The molecule has 2 aromatic heterocycles. The van der Waals surface area contributed by atoms with E-state index in [1.54, 1.807) is 0 Å². The van der Waals surface area contributed by atoms with Crippen LogP contribution in [-0.4, -0.2) is 26.4 Å². The predicted octanol–water partition coefficient (Wildman–Crippen LogP) is 2.31. The Kier molecular flexibility index (Phi) is 2.20. The molecule has 1 aliphatic rings. The van der Waals surface area contributed by atoms with Gasteiger partial charge in [-0.3, -0.25) is 0 Å². The second-order valence-corrected chi connectivity index (χ2v) is 4.73. The van der Waals surface area contributed by atoms with Gasteiger partial charge in [-0.1, -0.05) is 18.2 Å². The highest BCUT2D eigenvalue weighted by Crippen LogP contribution is 2.26. The van der Waals surface area contributed by atoms with E-state index in [2.05, 4.69) is 30.7 Å². The fourth-order valence-electron chi connectivity index (χ4n) is 2.01. The summed E-state index contributed by atoms with van der Waals surface area (Å²) in [5.74, 6) is 1.04. The van der Waals surface area contributed by atoms with Crippen LogP contribution >= 0.6 is 0 Å². The molecule has 0 unspecified atom stereocenters. The second kappa shape index (κ2) is 4.01. The normalized spacial score (nSPS) is 15.6. The Bertz CT molecular complexity index is 771. The summed E-state index contributed by atoms with van der Waals surface area (Å²) >= 11 is 0. The van der Waals surface area contributed by atoms with Crippen molar-refractivity contribution >= 4 is 34.2 Å². The summed E-state index contributed by atoms with van der Waals surface area (Å²) < 4.78 is 0. The van der Waals surface area contributed by atoms with E-state index in [4.69, 9.17) is 0 Å². The Balaban J connectivity index is 1.71. The van der Waals surface area contributed by atoms with Crippen LogP contribution in [0.15, 0.2) is 29.4 Å². The van der Waals surface area contributed by atoms with E-state index in [-0.39, 0.29) is 0 Å². The van der Waals surface area contributed by atoms with Gasteiger partial charge in [-0.2, -0.15) is 10.1 Å². The highest BCUT2D eigenvalue weighted by molar-refractivity contribution is 6.03. The van der Waals surface area contributed by atoms with E-state index < -0.39 is 0 Å². The van der Waals surface area contributed by atoms with Crippen molar-refractivity contribution in [2.45, 2.75) is 12.8 Å². The fraction of sp³-hybridized carbons (Fsp3) is 0.231. The highest BCUT2D eigenvalue weighted by Gasteiger charge is 2.18. The molecule has 0 atom stereocenters. The third-order valence-corrected chi connectivity index (χ3v) is 3.19. The van der Waals surface area contributed by atoms with Crippen LogP contribution in [-0.2, 0) is 0 Å². The lowest BCUT2D eigenvalue weighted by molar-refractivity contribution is 1.01. The largest absolute Gasteiger partial charge is 0.338 e. The smallest absolute Gasteiger partial charge is 0.265 e. The van der Waals surface area contributed by atoms with E-state index in [1.165, 1.54) is 12.8 Å². The number of para-hydroxylation sites is 1. The van der Waals surface area contributed by atoms with Gasteiger partial charge in [0.1, 0.15) is 5.52 Å². The maximum Gasteiger partial charge on any atom is 0.265 e. The fourth-order valence-corrected chi connectivity index (χ4v) is 2.01. The summed E-state index contributed by atoms with van der Waals surface area (Å²) in [6.45, 7) is 0. The van der Waals surface area contributed by atoms with Gasteiger partial charge in [-0.15, -0.1) is 10.2 Å². The molecule has 94 valence electrons. The molecule has 0 amide bonds. The van der Waals surface area contributed by atoms with Crippen molar-refractivity contribution in [2.24, 2.45) is 11.0 Å². The van der Waals surface area contributed by atoms with Gasteiger partial charge in [-0.05, 0) is 24.8 Å². The first kappa shape index (κ1) is 10.4. The van der Waals surface area contributed by atoms with E-state index >= 15 is 0 Å². The number of anilines is 1. The lowest BCUT2D eigenvalue weighted by Crippen LogP contribution is -1.98. The Hall–Kier alpha value is -2.50. The Morgan fingerprint density at radius 3 is 3.05 bits per heavy atom. The number of aromatic amines is 1. The molecule has 1 aliphatic carbocycles. The first-order valence-corrected chi connectivity index (χ1v) is 6.30. The highest BCUT2D eigenvalue weighted by atomic mass is 15.4. The maximum absolute atomic E-state index is 4.38. The summed E-state index contributed by atoms with van der Waals surface area (Å²) in [6, 6.07) is 7.95. The molecule has 0 aliphatic heterocycles. The summed E-state index contributed by atoms with van der Waals surface area (Å²) in [4.78, 5) is 7.60. The van der Waals surface area contributed by atoms with Crippen LogP contribution in [0.25, 0.3) is 22.1 Å². The monoisotopic (exact) mass is 252 g/mol. The summed E-state index contributed by atoms with van der Waals surface area (Å²) in [5, 5.41) is 13.4. The average molecular weight is 252 g/mol. The number of H-pyrrole nitrogens is 1. The van der Waals surface area contributed by atoms with Crippen LogP contribution in [0.1, 0.15) is 12.8 Å². The van der Waals surface area contributed by atoms with E-state index in [9.17, 15) is 0 Å². The second-order valence-electron chi connectivity index (χ2n) is 4.73. The van der Waals surface area contributed by atoms with Crippen molar-refractivity contribution in [1.29, 1.82) is 0 Å². The number of rotatable bonds is 3. The van der Waals surface area contributed by atoms with Crippen molar-refractivity contribution in [3.05, 3.63) is 24.3 Å². The molecule has 4 rings (SSSR count). The van der Waals surface area contributed by atoms with Gasteiger partial charge in [0.05, 0.1) is 0 Å². The number of hydrogen-bond acceptors (Lipinski definition) is 5. The zero-order valence-electron chi connectivity index (χ0n) is 10.2. The van der Waals surface area contributed by atoms with Crippen molar-refractivity contribution in [3.63, 3.8) is 0 Å². The summed E-state index contributed by atoms with van der Waals surface area (Å²) in [6.07, 6.45) is 4.36. The average Bonchev–Trinajstić information content (AvgIpc) is 3.18. The molecule has 2 N–H and O–H groups in total. The SMILES string of the molecule is C(=N/Nc1nnc2c(n1)[nH]c1ccccc12)/C1CC1. The number of fused-ring (bicyclic) bond motifs is 3. The van der Waals surface area contributed by atoms with E-state index in [1.807, 2.05) is 30.5 Å². The van der Waals surface area contributed by atoms with Crippen molar-refractivity contribution in [1.82, 2.24) is 20.2 Å². The number of benzene rings is 1. The van der Waals surface area contributed by atoms with Gasteiger partial charge in [0.2, 0.25) is 0 Å². The summed E-state index contributed by atoms with van der Waals surface area (Å²) in [7, 11) is 0. The van der Waals surface area contributed by atoms with Gasteiger partial charge in [0.25, 0.3) is 5.95 Å². The molecule has 1 aromatic carbocycles. The molecule has 2 heterocycles. The lowest BCUT2D eigenvalue weighted by Gasteiger charge is -1.96. The molecule has 1 fully saturated rings. The van der Waals surface area contributed by atoms with E-state index in [0.717, 1.165) is 22.1 Å². The zero-order chi connectivity index (χ0) is 12.7. The maximum atomic E-state index is 4.38. The molecular weight excluding hydrogens is 240 g/mol. The quantitative estimate of drug-likeness (QED) is 0.554. The molecular formula is C13H12N6. The van der Waals surface area contributed by atoms with Gasteiger partial charge in [0, 0.05) is 17.1 Å². The van der Waals surface area contributed by atoms with Crippen LogP contribution in [0.3, 0.4) is 0 Å². The standard InChI is InChI=1S/C13H12N6/c1-2-4-10-9(3-1)11-12(15-10)16-13(19-17-11)18-14-7-8-5-6-8/h1-4,7-8H,5-6H2,(H2,15,16,18,19)/b14-7-. The van der Waals surface area contributed by atoms with Gasteiger partial charge >= 0.3 is 0 Å². The molecule has 0 radical (unpaired) electrons. The molecule has 0 spiro atoms. The van der Waals surface area contributed by atoms with Crippen LogP contribution in [0.4, 0.5) is 5.95 Å². The Labute approximate surface area is 109 Å². The third-order valence-electron chi connectivity index (χ3n) is 3.19. The van der Waals surface area contributed by atoms with Crippen LogP contribution < -0.4 is 5.43 Å². The van der Waals surface area contributed by atoms with Crippen LogP contribution in [0.5, 0.6) is 0 Å². The van der Waals surface area contributed by atoms with Crippen molar-refractivity contribution < 1.29 is 0 Å². The first-order valence-electron chi connectivity index (χ1n) is 6.30. The Morgan fingerprint density at radius 2 is 2.16 bits per heavy atom. The first-order chi connectivity index (χ1) is 9.40. The van der Waals surface area contributed by atoms with Gasteiger partial charge in [-0.25, -0.2) is 5.43 Å². The topological polar surface area (TPSA) is 78.8 Å². The minimum atomic E-state index is 0.413. The number of hydrazone groups is 1. The van der Waals surface area contributed by atoms with Crippen LogP contribution in [0, 0.1) is 5.92 Å². The number of nitrogens with one attached hydrogen (secondary N) is 2. The summed E-state index contributed by atoms with van der Waals surface area (Å²) in [5.41, 5.74) is 5.34. The van der Waals surface area contributed by atoms with Gasteiger partial charge in [0.15, 0.2) is 5.65 Å². The molecule has 0 bridgehead atoms. The third kappa shape index (κ3) is 1.91. The molecule has 0 saturated heterocycles. The predicted molar refractivity (Wildman–Crippen MR) is 74.0 cm³/mol. The number of aromatic nitrogens is 4. The number of nitrogens with zero attached hydrogens (tertiary/aromatic N) is 4. The van der Waals surface area contributed by atoms with Crippen LogP contribution in [0.2, 0.25) is 0 Å². The minimum absolute atomic E-state index is 0.413. The molecule has 6 nitrogen and oxygen atoms in total. The zero-order valence-corrected chi connectivity index (χ0v) is 10.2.